The Morgan fingerprint density at radius 1 is 0.958 bits per heavy atom. The van der Waals surface area contributed by atoms with Crippen molar-refractivity contribution in [3.63, 3.8) is 0 Å². The maximum atomic E-state index is 12.1. The predicted octanol–water partition coefficient (Wildman–Crippen LogP) is 3.25. The van der Waals surface area contributed by atoms with Gasteiger partial charge in [-0.1, -0.05) is 60.7 Å². The molecule has 0 aliphatic carbocycles. The van der Waals surface area contributed by atoms with Gasteiger partial charge in [0.05, 0.1) is 0 Å². The van der Waals surface area contributed by atoms with Gasteiger partial charge < -0.3 is 16.4 Å². The number of urea groups is 1. The molecule has 0 radical (unpaired) electrons. The SMILES string of the molecule is C[C@H](NC(=O)NCCCCN)C(c1ccccc1)c1ccccc1. The number of unbranched alkanes of at least 4 members (excludes halogenated alkanes) is 1. The number of rotatable bonds is 8. The average Bonchev–Trinajstić information content (AvgIpc) is 2.61. The van der Waals surface area contributed by atoms with E-state index in [1.54, 1.807) is 0 Å². The average molecular weight is 325 g/mol. The fourth-order valence-corrected chi connectivity index (χ4v) is 2.90. The number of hydrogen-bond donors (Lipinski definition) is 3. The Balaban J connectivity index is 2.06. The van der Waals surface area contributed by atoms with Gasteiger partial charge in [-0.2, -0.15) is 0 Å². The maximum absolute atomic E-state index is 12.1. The Morgan fingerprint density at radius 2 is 1.50 bits per heavy atom. The van der Waals surface area contributed by atoms with Crippen LogP contribution >= 0.6 is 0 Å². The standard InChI is InChI=1S/C20H27N3O/c1-16(23-20(24)22-15-9-8-14-21)19(17-10-4-2-5-11-17)18-12-6-3-7-13-18/h2-7,10-13,16,19H,8-9,14-15,21H2,1H3,(H2,22,23,24)/t16-/m0/s1. The predicted molar refractivity (Wildman–Crippen MR) is 99.0 cm³/mol. The van der Waals surface area contributed by atoms with Crippen molar-refractivity contribution in [3.05, 3.63) is 71.8 Å². The zero-order chi connectivity index (χ0) is 17.2. The molecule has 2 rings (SSSR count). The first-order chi connectivity index (χ1) is 11.7. The summed E-state index contributed by atoms with van der Waals surface area (Å²) in [6.07, 6.45) is 1.82. The van der Waals surface area contributed by atoms with Gasteiger partial charge in [0.2, 0.25) is 0 Å². The van der Waals surface area contributed by atoms with Gasteiger partial charge in [-0.25, -0.2) is 4.79 Å². The summed E-state index contributed by atoms with van der Waals surface area (Å²) >= 11 is 0. The Bertz CT molecular complexity index is 561. The smallest absolute Gasteiger partial charge is 0.315 e. The topological polar surface area (TPSA) is 67.2 Å². The number of hydrogen-bond acceptors (Lipinski definition) is 2. The molecule has 128 valence electrons. The lowest BCUT2D eigenvalue weighted by Gasteiger charge is -2.26. The van der Waals surface area contributed by atoms with Crippen molar-refractivity contribution in [2.45, 2.75) is 31.7 Å². The first kappa shape index (κ1) is 18.0. The van der Waals surface area contributed by atoms with Crippen LogP contribution in [-0.2, 0) is 0 Å². The number of nitrogens with one attached hydrogen (secondary N) is 2. The molecule has 2 aromatic carbocycles. The normalized spacial score (nSPS) is 12.0. The molecule has 2 amide bonds. The van der Waals surface area contributed by atoms with Crippen molar-refractivity contribution < 1.29 is 4.79 Å². The highest BCUT2D eigenvalue weighted by Gasteiger charge is 2.22. The summed E-state index contributed by atoms with van der Waals surface area (Å²) in [6, 6.07) is 20.4. The van der Waals surface area contributed by atoms with Crippen LogP contribution in [0.4, 0.5) is 4.79 Å². The molecule has 0 fully saturated rings. The molecule has 0 bridgehead atoms. The lowest BCUT2D eigenvalue weighted by Crippen LogP contribution is -2.44. The van der Waals surface area contributed by atoms with E-state index in [1.807, 2.05) is 43.3 Å². The van der Waals surface area contributed by atoms with E-state index < -0.39 is 0 Å². The van der Waals surface area contributed by atoms with Crippen LogP contribution in [0.3, 0.4) is 0 Å². The largest absolute Gasteiger partial charge is 0.338 e. The fourth-order valence-electron chi connectivity index (χ4n) is 2.90. The zero-order valence-electron chi connectivity index (χ0n) is 14.2. The first-order valence-corrected chi connectivity index (χ1v) is 8.56. The molecule has 0 unspecified atom stereocenters. The van der Waals surface area contributed by atoms with E-state index in [2.05, 4.69) is 34.9 Å². The van der Waals surface area contributed by atoms with Crippen LogP contribution in [0.5, 0.6) is 0 Å². The van der Waals surface area contributed by atoms with Crippen molar-refractivity contribution in [2.75, 3.05) is 13.1 Å². The fraction of sp³-hybridized carbons (Fsp3) is 0.350. The van der Waals surface area contributed by atoms with Gasteiger partial charge in [-0.05, 0) is 37.4 Å². The molecular weight excluding hydrogens is 298 g/mol. The van der Waals surface area contributed by atoms with E-state index in [1.165, 1.54) is 11.1 Å². The quantitative estimate of drug-likeness (QED) is 0.652. The summed E-state index contributed by atoms with van der Waals surface area (Å²) < 4.78 is 0. The van der Waals surface area contributed by atoms with Crippen LogP contribution in [0.1, 0.15) is 36.8 Å². The first-order valence-electron chi connectivity index (χ1n) is 8.56. The second kappa shape index (κ2) is 9.73. The molecule has 0 saturated heterocycles. The van der Waals surface area contributed by atoms with Gasteiger partial charge >= 0.3 is 6.03 Å². The number of carbonyl (C=O) groups excluding carboxylic acids is 1. The molecule has 0 spiro atoms. The Labute approximate surface area is 144 Å². The molecule has 24 heavy (non-hydrogen) atoms. The minimum Gasteiger partial charge on any atom is -0.338 e. The van der Waals surface area contributed by atoms with Gasteiger partial charge in [0, 0.05) is 18.5 Å². The molecule has 2 aromatic rings. The third-order valence-corrected chi connectivity index (χ3v) is 4.09. The van der Waals surface area contributed by atoms with Crippen LogP contribution in [0.2, 0.25) is 0 Å². The van der Waals surface area contributed by atoms with E-state index in [9.17, 15) is 4.79 Å². The van der Waals surface area contributed by atoms with Crippen molar-refractivity contribution >= 4 is 6.03 Å². The third-order valence-electron chi connectivity index (χ3n) is 4.09. The summed E-state index contributed by atoms with van der Waals surface area (Å²) in [4.78, 5) is 12.1. The van der Waals surface area contributed by atoms with Crippen LogP contribution < -0.4 is 16.4 Å². The molecule has 0 aromatic heterocycles. The summed E-state index contributed by atoms with van der Waals surface area (Å²) in [5.41, 5.74) is 7.85. The van der Waals surface area contributed by atoms with E-state index in [4.69, 9.17) is 5.73 Å². The lowest BCUT2D eigenvalue weighted by molar-refractivity contribution is 0.236. The van der Waals surface area contributed by atoms with Crippen molar-refractivity contribution in [1.82, 2.24) is 10.6 Å². The van der Waals surface area contributed by atoms with Crippen molar-refractivity contribution in [3.8, 4) is 0 Å². The summed E-state index contributed by atoms with van der Waals surface area (Å²) in [6.45, 7) is 3.35. The number of amides is 2. The highest BCUT2D eigenvalue weighted by Crippen LogP contribution is 2.27. The molecule has 0 aliphatic rings. The minimum atomic E-state index is -0.128. The van der Waals surface area contributed by atoms with E-state index in [0.29, 0.717) is 13.1 Å². The Morgan fingerprint density at radius 3 is 2.00 bits per heavy atom. The number of nitrogens with two attached hydrogens (primary N) is 1. The molecule has 4 nitrogen and oxygen atoms in total. The molecule has 0 heterocycles. The van der Waals surface area contributed by atoms with Crippen LogP contribution in [0, 0.1) is 0 Å². The van der Waals surface area contributed by atoms with E-state index in [0.717, 1.165) is 12.8 Å². The molecule has 4 N–H and O–H groups in total. The summed E-state index contributed by atoms with van der Waals surface area (Å²) in [5.74, 6) is 0.113. The van der Waals surface area contributed by atoms with Gasteiger partial charge in [0.25, 0.3) is 0 Å². The van der Waals surface area contributed by atoms with Crippen molar-refractivity contribution in [1.29, 1.82) is 0 Å². The van der Waals surface area contributed by atoms with Crippen LogP contribution in [0.15, 0.2) is 60.7 Å². The van der Waals surface area contributed by atoms with Crippen molar-refractivity contribution in [2.24, 2.45) is 5.73 Å². The molecule has 0 aliphatic heterocycles. The Hall–Kier alpha value is -2.33. The van der Waals surface area contributed by atoms with Gasteiger partial charge in [-0.3, -0.25) is 0 Å². The van der Waals surface area contributed by atoms with Crippen LogP contribution in [0.25, 0.3) is 0 Å². The highest BCUT2D eigenvalue weighted by molar-refractivity contribution is 5.74. The van der Waals surface area contributed by atoms with Gasteiger partial charge in [0.1, 0.15) is 0 Å². The molecular formula is C20H27N3O. The molecule has 4 heteroatoms. The molecule has 1 atom stereocenters. The second-order valence-corrected chi connectivity index (χ2v) is 5.98. The lowest BCUT2D eigenvalue weighted by atomic mass is 9.86. The number of carbonyl (C=O) groups is 1. The number of benzene rings is 2. The summed E-state index contributed by atoms with van der Waals surface area (Å²) in [7, 11) is 0. The monoisotopic (exact) mass is 325 g/mol. The van der Waals surface area contributed by atoms with Crippen LogP contribution in [-0.4, -0.2) is 25.2 Å². The maximum Gasteiger partial charge on any atom is 0.315 e. The van der Waals surface area contributed by atoms with E-state index in [-0.39, 0.29) is 18.0 Å². The van der Waals surface area contributed by atoms with Gasteiger partial charge in [0.15, 0.2) is 0 Å². The minimum absolute atomic E-state index is 0.0238. The summed E-state index contributed by atoms with van der Waals surface area (Å²) in [5, 5.41) is 5.97. The highest BCUT2D eigenvalue weighted by atomic mass is 16.2. The molecule has 0 saturated carbocycles. The second-order valence-electron chi connectivity index (χ2n) is 5.98. The zero-order valence-corrected chi connectivity index (χ0v) is 14.2. The third kappa shape index (κ3) is 5.39. The van der Waals surface area contributed by atoms with E-state index >= 15 is 0 Å². The van der Waals surface area contributed by atoms with Gasteiger partial charge in [-0.15, -0.1) is 0 Å². The Kier molecular flexibility index (Phi) is 7.30.